The van der Waals surface area contributed by atoms with Crippen LogP contribution in [0.25, 0.3) is 0 Å². The molecule has 0 amide bonds. The Balaban J connectivity index is 2.55. The van der Waals surface area contributed by atoms with Crippen LogP contribution in [-0.4, -0.2) is 10.7 Å². The van der Waals surface area contributed by atoms with Crippen LogP contribution in [0.3, 0.4) is 0 Å². The Morgan fingerprint density at radius 3 is 2.56 bits per heavy atom. The molecule has 1 fully saturated rings. The predicted octanol–water partition coefficient (Wildman–Crippen LogP) is 1.50. The van der Waals surface area contributed by atoms with Gasteiger partial charge < -0.3 is 5.11 Å². The van der Waals surface area contributed by atoms with E-state index in [2.05, 4.69) is 26.7 Å². The van der Waals surface area contributed by atoms with Gasteiger partial charge >= 0.3 is 0 Å². The van der Waals surface area contributed by atoms with Gasteiger partial charge in [-0.3, -0.25) is 0 Å². The number of halogens is 1. The van der Waals surface area contributed by atoms with E-state index < -0.39 is 5.60 Å². The van der Waals surface area contributed by atoms with Crippen LogP contribution in [-0.2, 0) is 0 Å². The first-order valence-corrected chi connectivity index (χ1v) is 3.81. The molecule has 0 saturated heterocycles. The smallest absolute Gasteiger partial charge is 0.126 e. The van der Waals surface area contributed by atoms with Gasteiger partial charge in [0.1, 0.15) is 5.60 Å². The molecule has 1 atom stereocenters. The molecule has 0 aromatic carbocycles. The zero-order chi connectivity index (χ0) is 6.91. The molecule has 0 aromatic rings. The van der Waals surface area contributed by atoms with Crippen molar-refractivity contribution in [3.63, 3.8) is 0 Å². The average Bonchev–Trinajstić information content (AvgIpc) is 2.41. The molecule has 0 spiro atoms. The highest BCUT2D eigenvalue weighted by molar-refractivity contribution is 9.12. The molecule has 50 valence electrons. The molecule has 9 heavy (non-hydrogen) atoms. The zero-order valence-corrected chi connectivity index (χ0v) is 6.90. The lowest BCUT2D eigenvalue weighted by Gasteiger charge is -2.13. The molecule has 0 heterocycles. The summed E-state index contributed by atoms with van der Waals surface area (Å²) in [4.78, 5) is 2.54. The highest BCUT2D eigenvalue weighted by atomic mass is 79.9. The van der Waals surface area contributed by atoms with Crippen LogP contribution in [0.1, 0.15) is 19.8 Å². The van der Waals surface area contributed by atoms with Crippen molar-refractivity contribution in [2.45, 2.75) is 25.4 Å². The molecule has 1 saturated carbocycles. The Kier molecular flexibility index (Phi) is 1.83. The van der Waals surface area contributed by atoms with Gasteiger partial charge in [-0.05, 0) is 30.5 Å². The number of rotatable bonds is 1. The van der Waals surface area contributed by atoms with Gasteiger partial charge in [0, 0.05) is 15.9 Å². The largest absolute Gasteiger partial charge is 0.378 e. The molecule has 2 heteroatoms. The Morgan fingerprint density at radius 1 is 1.67 bits per heavy atom. The van der Waals surface area contributed by atoms with Crippen molar-refractivity contribution in [2.75, 3.05) is 0 Å². The summed E-state index contributed by atoms with van der Waals surface area (Å²) in [6, 6.07) is 0. The van der Waals surface area contributed by atoms with E-state index in [1.54, 1.807) is 6.92 Å². The van der Waals surface area contributed by atoms with E-state index in [-0.39, 0.29) is 0 Å². The topological polar surface area (TPSA) is 20.2 Å². The minimum absolute atomic E-state index is 0.419. The maximum absolute atomic E-state index is 9.45. The molecular formula is C7H9BrO. The van der Waals surface area contributed by atoms with Gasteiger partial charge in [-0.25, -0.2) is 0 Å². The van der Waals surface area contributed by atoms with Crippen LogP contribution < -0.4 is 0 Å². The van der Waals surface area contributed by atoms with Crippen molar-refractivity contribution >= 4 is 15.9 Å². The molecule has 1 unspecified atom stereocenters. The third-order valence-corrected chi connectivity index (χ3v) is 1.87. The Labute approximate surface area is 63.6 Å². The molecule has 1 aliphatic carbocycles. The number of hydrogen-bond acceptors (Lipinski definition) is 1. The molecular weight excluding hydrogens is 180 g/mol. The van der Waals surface area contributed by atoms with Crippen molar-refractivity contribution in [1.82, 2.24) is 0 Å². The summed E-state index contributed by atoms with van der Waals surface area (Å²) in [6.07, 6.45) is 2.24. The van der Waals surface area contributed by atoms with Gasteiger partial charge in [0.25, 0.3) is 0 Å². The Hall–Kier alpha value is 0. The van der Waals surface area contributed by atoms with E-state index in [1.165, 1.54) is 0 Å². The molecule has 0 radical (unpaired) electrons. The van der Waals surface area contributed by atoms with Crippen LogP contribution >= 0.6 is 15.9 Å². The summed E-state index contributed by atoms with van der Waals surface area (Å²) in [7, 11) is 0. The van der Waals surface area contributed by atoms with Gasteiger partial charge in [0.2, 0.25) is 0 Å². The summed E-state index contributed by atoms with van der Waals surface area (Å²) in [5, 5.41) is 9.45. The van der Waals surface area contributed by atoms with Crippen molar-refractivity contribution in [3.8, 4) is 10.8 Å². The van der Waals surface area contributed by atoms with E-state index in [0.29, 0.717) is 5.92 Å². The second-order valence-corrected chi connectivity index (χ2v) is 3.04. The predicted molar refractivity (Wildman–Crippen MR) is 40.1 cm³/mol. The second kappa shape index (κ2) is 2.32. The van der Waals surface area contributed by atoms with Gasteiger partial charge in [0.15, 0.2) is 0 Å². The first-order valence-electron chi connectivity index (χ1n) is 3.02. The van der Waals surface area contributed by atoms with Crippen molar-refractivity contribution in [2.24, 2.45) is 5.92 Å². The lowest BCUT2D eigenvalue weighted by Crippen LogP contribution is -2.23. The van der Waals surface area contributed by atoms with E-state index in [4.69, 9.17) is 0 Å². The van der Waals surface area contributed by atoms with Gasteiger partial charge in [-0.1, -0.05) is 5.92 Å². The summed E-state index contributed by atoms with van der Waals surface area (Å²) in [5.74, 6) is 3.13. The van der Waals surface area contributed by atoms with Gasteiger partial charge in [-0.2, -0.15) is 0 Å². The van der Waals surface area contributed by atoms with Crippen molar-refractivity contribution in [1.29, 1.82) is 0 Å². The zero-order valence-electron chi connectivity index (χ0n) is 5.32. The first kappa shape index (κ1) is 7.11. The lowest BCUT2D eigenvalue weighted by atomic mass is 10.0. The standard InChI is InChI=1S/C7H9BrO/c1-7(9,4-5-8)6-2-3-6/h6,9H,2-3H2,1H3. The highest BCUT2D eigenvalue weighted by Crippen LogP contribution is 2.38. The fraction of sp³-hybridized carbons (Fsp3) is 0.714. The van der Waals surface area contributed by atoms with Crippen molar-refractivity contribution < 1.29 is 5.11 Å². The summed E-state index contributed by atoms with van der Waals surface area (Å²) >= 11 is 2.96. The fourth-order valence-electron chi connectivity index (χ4n) is 0.843. The van der Waals surface area contributed by atoms with Crippen LogP contribution in [0.2, 0.25) is 0 Å². The van der Waals surface area contributed by atoms with Crippen LogP contribution in [0, 0.1) is 16.7 Å². The van der Waals surface area contributed by atoms with E-state index in [0.717, 1.165) is 12.8 Å². The maximum Gasteiger partial charge on any atom is 0.126 e. The molecule has 1 N–H and O–H groups in total. The molecule has 0 aliphatic heterocycles. The van der Waals surface area contributed by atoms with E-state index in [1.807, 2.05) is 0 Å². The summed E-state index contributed by atoms with van der Waals surface area (Å²) < 4.78 is 0. The molecule has 1 nitrogen and oxygen atoms in total. The lowest BCUT2D eigenvalue weighted by molar-refractivity contribution is 0.0982. The average molecular weight is 189 g/mol. The van der Waals surface area contributed by atoms with Gasteiger partial charge in [-0.15, -0.1) is 0 Å². The first-order chi connectivity index (χ1) is 4.17. The van der Waals surface area contributed by atoms with E-state index >= 15 is 0 Å². The molecule has 1 rings (SSSR count). The van der Waals surface area contributed by atoms with E-state index in [9.17, 15) is 5.11 Å². The summed E-state index contributed by atoms with van der Waals surface area (Å²) in [5.41, 5.74) is -0.747. The van der Waals surface area contributed by atoms with Crippen LogP contribution in [0.15, 0.2) is 0 Å². The molecule has 0 aromatic heterocycles. The number of hydrogen-bond donors (Lipinski definition) is 1. The molecule has 1 aliphatic rings. The third kappa shape index (κ3) is 1.70. The quantitative estimate of drug-likeness (QED) is 0.619. The SMILES string of the molecule is CC(O)(C#CBr)C1CC1. The minimum Gasteiger partial charge on any atom is -0.378 e. The third-order valence-electron chi connectivity index (χ3n) is 1.67. The summed E-state index contributed by atoms with van der Waals surface area (Å²) in [6.45, 7) is 1.76. The van der Waals surface area contributed by atoms with Crippen molar-refractivity contribution in [3.05, 3.63) is 0 Å². The highest BCUT2D eigenvalue weighted by Gasteiger charge is 2.38. The normalized spacial score (nSPS) is 23.9. The number of aliphatic hydroxyl groups is 1. The fourth-order valence-corrected chi connectivity index (χ4v) is 1.24. The Bertz CT molecular complexity index is 159. The minimum atomic E-state index is -0.747. The van der Waals surface area contributed by atoms with Gasteiger partial charge in [0.05, 0.1) is 0 Å². The van der Waals surface area contributed by atoms with Crippen LogP contribution in [0.5, 0.6) is 0 Å². The molecule has 0 bridgehead atoms. The Morgan fingerprint density at radius 2 is 2.22 bits per heavy atom. The maximum atomic E-state index is 9.45. The monoisotopic (exact) mass is 188 g/mol. The second-order valence-electron chi connectivity index (χ2n) is 2.64. The van der Waals surface area contributed by atoms with Crippen LogP contribution in [0.4, 0.5) is 0 Å².